The highest BCUT2D eigenvalue weighted by molar-refractivity contribution is 7.91. The molecular weight excluding hydrogens is 415 g/mol. The standard InChI is InChI=1S/C17H22F3N3O3S2/c1-12-4-2-8-23(11-12)9-3-7-21-28(24,25)16-6-5-14(27-16)13-10-15(26-22-13)17(18,19)20/h5-6,10,12,21H,2-4,7-9,11H2,1H3. The Hall–Kier alpha value is -1.43. The summed E-state index contributed by atoms with van der Waals surface area (Å²) in [7, 11) is -3.71. The number of aromatic nitrogens is 1. The molecule has 2 aromatic rings. The van der Waals surface area contributed by atoms with Crippen LogP contribution < -0.4 is 4.72 Å². The number of hydrogen-bond donors (Lipinski definition) is 1. The normalized spacial score (nSPS) is 19.2. The molecule has 0 aromatic carbocycles. The van der Waals surface area contributed by atoms with Crippen LogP contribution in [0.3, 0.4) is 0 Å². The number of thiophene rings is 1. The summed E-state index contributed by atoms with van der Waals surface area (Å²) < 4.78 is 69.5. The summed E-state index contributed by atoms with van der Waals surface area (Å²) in [6, 6.07) is 3.54. The number of sulfonamides is 1. The molecule has 156 valence electrons. The van der Waals surface area contributed by atoms with Gasteiger partial charge >= 0.3 is 6.18 Å². The Balaban J connectivity index is 1.55. The fraction of sp³-hybridized carbons (Fsp3) is 0.588. The molecular formula is C17H22F3N3O3S2. The molecule has 6 nitrogen and oxygen atoms in total. The quantitative estimate of drug-likeness (QED) is 0.667. The van der Waals surface area contributed by atoms with Gasteiger partial charge in [-0.15, -0.1) is 11.3 Å². The molecule has 1 atom stereocenters. The van der Waals surface area contributed by atoms with Crippen LogP contribution in [0, 0.1) is 5.92 Å². The molecule has 3 rings (SSSR count). The highest BCUT2D eigenvalue weighted by Crippen LogP contribution is 2.35. The van der Waals surface area contributed by atoms with Gasteiger partial charge in [-0.05, 0) is 50.4 Å². The molecule has 11 heteroatoms. The lowest BCUT2D eigenvalue weighted by Crippen LogP contribution is -2.36. The van der Waals surface area contributed by atoms with E-state index in [0.717, 1.165) is 37.0 Å². The van der Waals surface area contributed by atoms with E-state index in [4.69, 9.17) is 0 Å². The van der Waals surface area contributed by atoms with E-state index < -0.39 is 22.0 Å². The van der Waals surface area contributed by atoms with E-state index in [-0.39, 0.29) is 9.90 Å². The zero-order chi connectivity index (χ0) is 20.4. The molecule has 1 fully saturated rings. The van der Waals surface area contributed by atoms with Crippen molar-refractivity contribution < 1.29 is 26.1 Å². The van der Waals surface area contributed by atoms with E-state index in [1.54, 1.807) is 0 Å². The maximum absolute atomic E-state index is 12.6. The van der Waals surface area contributed by atoms with E-state index in [1.807, 2.05) is 0 Å². The van der Waals surface area contributed by atoms with Crippen LogP contribution in [0.4, 0.5) is 13.2 Å². The van der Waals surface area contributed by atoms with E-state index in [9.17, 15) is 21.6 Å². The van der Waals surface area contributed by atoms with Gasteiger partial charge in [-0.3, -0.25) is 0 Å². The monoisotopic (exact) mass is 437 g/mol. The van der Waals surface area contributed by atoms with Crippen LogP contribution in [0.15, 0.2) is 26.9 Å². The molecule has 1 unspecified atom stereocenters. The predicted octanol–water partition coefficient (Wildman–Crippen LogP) is 3.82. The Morgan fingerprint density at radius 1 is 1.39 bits per heavy atom. The lowest BCUT2D eigenvalue weighted by molar-refractivity contribution is -0.155. The summed E-state index contributed by atoms with van der Waals surface area (Å²) >= 11 is 0.853. The minimum absolute atomic E-state index is 0.0330. The molecule has 28 heavy (non-hydrogen) atoms. The van der Waals surface area contributed by atoms with Crippen LogP contribution in [0.25, 0.3) is 10.6 Å². The lowest BCUT2D eigenvalue weighted by atomic mass is 10.0. The smallest absolute Gasteiger partial charge is 0.351 e. The van der Waals surface area contributed by atoms with Crippen LogP contribution in [0.1, 0.15) is 31.9 Å². The van der Waals surface area contributed by atoms with Gasteiger partial charge in [-0.2, -0.15) is 13.2 Å². The average Bonchev–Trinajstić information content (AvgIpc) is 3.27. The number of nitrogens with zero attached hydrogens (tertiary/aromatic N) is 2. The maximum Gasteiger partial charge on any atom is 0.452 e. The Morgan fingerprint density at radius 2 is 2.18 bits per heavy atom. The number of alkyl halides is 3. The number of halogens is 3. The summed E-state index contributed by atoms with van der Waals surface area (Å²) in [5, 5.41) is 3.38. The summed E-state index contributed by atoms with van der Waals surface area (Å²) in [6.45, 7) is 5.45. The first kappa shape index (κ1) is 21.3. The van der Waals surface area contributed by atoms with Gasteiger partial charge < -0.3 is 9.42 Å². The summed E-state index contributed by atoms with van der Waals surface area (Å²) in [5.41, 5.74) is -0.0435. The van der Waals surface area contributed by atoms with Gasteiger partial charge in [-0.1, -0.05) is 12.1 Å². The van der Waals surface area contributed by atoms with Crippen molar-refractivity contribution in [3.05, 3.63) is 24.0 Å². The third kappa shape index (κ3) is 5.34. The first-order valence-corrected chi connectivity index (χ1v) is 11.3. The van der Waals surface area contributed by atoms with Crippen molar-refractivity contribution in [3.8, 4) is 10.6 Å². The lowest BCUT2D eigenvalue weighted by Gasteiger charge is -2.30. The van der Waals surface area contributed by atoms with E-state index in [2.05, 4.69) is 26.2 Å². The van der Waals surface area contributed by atoms with Gasteiger partial charge in [0.05, 0.1) is 4.88 Å². The third-order valence-corrected chi connectivity index (χ3v) is 7.63. The Kier molecular flexibility index (Phi) is 6.47. The molecule has 0 aliphatic carbocycles. The van der Waals surface area contributed by atoms with E-state index in [0.29, 0.717) is 23.8 Å². The second-order valence-electron chi connectivity index (χ2n) is 6.99. The fourth-order valence-electron chi connectivity index (χ4n) is 3.20. The van der Waals surface area contributed by atoms with Gasteiger partial charge in [0.1, 0.15) is 9.90 Å². The van der Waals surface area contributed by atoms with E-state index in [1.165, 1.54) is 25.0 Å². The van der Waals surface area contributed by atoms with Crippen molar-refractivity contribution in [2.24, 2.45) is 5.92 Å². The zero-order valence-electron chi connectivity index (χ0n) is 15.3. The van der Waals surface area contributed by atoms with Gasteiger partial charge in [0.15, 0.2) is 0 Å². The summed E-state index contributed by atoms with van der Waals surface area (Å²) in [6.07, 6.45) is -1.53. The second kappa shape index (κ2) is 8.52. The van der Waals surface area contributed by atoms with Gasteiger partial charge in [0, 0.05) is 19.2 Å². The van der Waals surface area contributed by atoms with Crippen molar-refractivity contribution >= 4 is 21.4 Å². The van der Waals surface area contributed by atoms with Crippen LogP contribution in [0.5, 0.6) is 0 Å². The van der Waals surface area contributed by atoms with Crippen molar-refractivity contribution in [1.29, 1.82) is 0 Å². The molecule has 0 radical (unpaired) electrons. The molecule has 1 saturated heterocycles. The summed E-state index contributed by atoms with van der Waals surface area (Å²) in [4.78, 5) is 2.64. The van der Waals surface area contributed by atoms with Crippen molar-refractivity contribution in [2.45, 2.75) is 36.6 Å². The number of piperidine rings is 1. The Bertz CT molecular complexity index is 893. The largest absolute Gasteiger partial charge is 0.452 e. The first-order valence-electron chi connectivity index (χ1n) is 9.01. The van der Waals surface area contributed by atoms with Crippen LogP contribution >= 0.6 is 11.3 Å². The number of likely N-dealkylation sites (tertiary alicyclic amines) is 1. The first-order chi connectivity index (χ1) is 13.1. The van der Waals surface area contributed by atoms with Crippen LogP contribution in [-0.2, 0) is 16.2 Å². The van der Waals surface area contributed by atoms with E-state index >= 15 is 0 Å². The minimum Gasteiger partial charge on any atom is -0.351 e. The van der Waals surface area contributed by atoms with Crippen molar-refractivity contribution in [2.75, 3.05) is 26.2 Å². The SMILES string of the molecule is CC1CCCN(CCCNS(=O)(=O)c2ccc(-c3cc(C(F)(F)F)on3)s2)C1. The highest BCUT2D eigenvalue weighted by atomic mass is 32.2. The third-order valence-electron chi connectivity index (χ3n) is 4.57. The minimum atomic E-state index is -4.63. The molecule has 0 amide bonds. The summed E-state index contributed by atoms with van der Waals surface area (Å²) in [5.74, 6) is -0.546. The van der Waals surface area contributed by atoms with Gasteiger partial charge in [0.2, 0.25) is 15.8 Å². The maximum atomic E-state index is 12.6. The Labute approximate surface area is 165 Å². The molecule has 0 bridgehead atoms. The molecule has 1 aliphatic heterocycles. The van der Waals surface area contributed by atoms with Gasteiger partial charge in [0.25, 0.3) is 0 Å². The Morgan fingerprint density at radius 3 is 2.86 bits per heavy atom. The van der Waals surface area contributed by atoms with Crippen molar-refractivity contribution in [1.82, 2.24) is 14.8 Å². The molecule has 1 N–H and O–H groups in total. The molecule has 0 saturated carbocycles. The topological polar surface area (TPSA) is 75.4 Å². The molecule has 2 aromatic heterocycles. The van der Waals surface area contributed by atoms with Crippen molar-refractivity contribution in [3.63, 3.8) is 0 Å². The molecule has 0 spiro atoms. The van der Waals surface area contributed by atoms with Gasteiger partial charge in [-0.25, -0.2) is 13.1 Å². The number of rotatable bonds is 7. The number of nitrogens with one attached hydrogen (secondary N) is 1. The molecule has 1 aliphatic rings. The zero-order valence-corrected chi connectivity index (χ0v) is 17.0. The molecule has 3 heterocycles. The van der Waals surface area contributed by atoms with Crippen LogP contribution in [-0.4, -0.2) is 44.7 Å². The number of hydrogen-bond acceptors (Lipinski definition) is 6. The van der Waals surface area contributed by atoms with Crippen LogP contribution in [0.2, 0.25) is 0 Å². The highest BCUT2D eigenvalue weighted by Gasteiger charge is 2.36. The second-order valence-corrected chi connectivity index (χ2v) is 10.1. The average molecular weight is 438 g/mol. The predicted molar refractivity (Wildman–Crippen MR) is 99.5 cm³/mol. The fourth-order valence-corrected chi connectivity index (χ4v) is 5.57.